The Labute approximate surface area is 140 Å². The number of benzene rings is 2. The maximum atomic E-state index is 13.6. The van der Waals surface area contributed by atoms with E-state index >= 15 is 0 Å². The van der Waals surface area contributed by atoms with Crippen LogP contribution in [0.25, 0.3) is 0 Å². The predicted octanol–water partition coefficient (Wildman–Crippen LogP) is 5.24. The zero-order valence-electron chi connectivity index (χ0n) is 9.68. The predicted molar refractivity (Wildman–Crippen MR) is 86.2 cm³/mol. The molecule has 0 bridgehead atoms. The third-order valence-corrected chi connectivity index (χ3v) is 4.46. The lowest BCUT2D eigenvalue weighted by atomic mass is 10.2. The zero-order chi connectivity index (χ0) is 14.9. The Balaban J connectivity index is 2.30. The topological polar surface area (TPSA) is 29.1 Å². The summed E-state index contributed by atoms with van der Waals surface area (Å²) in [4.78, 5) is 11.9. The van der Waals surface area contributed by atoms with Crippen molar-refractivity contribution in [1.82, 2.24) is 0 Å². The van der Waals surface area contributed by atoms with Gasteiger partial charge in [0.05, 0.1) is 5.02 Å². The van der Waals surface area contributed by atoms with Crippen LogP contribution in [0, 0.1) is 15.2 Å². The molecular weight excluding hydrogens is 466 g/mol. The molecule has 2 nitrogen and oxygen atoms in total. The van der Waals surface area contributed by atoms with E-state index in [2.05, 4.69) is 21.2 Å². The summed E-state index contributed by atoms with van der Waals surface area (Å²) in [5.74, 6) is -2.35. The summed E-state index contributed by atoms with van der Waals surface area (Å²) in [7, 11) is 0. The highest BCUT2D eigenvalue weighted by molar-refractivity contribution is 14.1. The van der Waals surface area contributed by atoms with Crippen molar-refractivity contribution < 1.29 is 13.6 Å². The molecule has 1 amide bonds. The number of halogens is 5. The molecule has 0 aliphatic rings. The number of amides is 1. The number of hydrogen-bond acceptors (Lipinski definition) is 1. The smallest absolute Gasteiger partial charge is 0.255 e. The Morgan fingerprint density at radius 1 is 1.20 bits per heavy atom. The maximum Gasteiger partial charge on any atom is 0.255 e. The zero-order valence-corrected chi connectivity index (χ0v) is 14.2. The van der Waals surface area contributed by atoms with E-state index in [1.807, 2.05) is 22.6 Å². The fourth-order valence-electron chi connectivity index (χ4n) is 1.48. The lowest BCUT2D eigenvalue weighted by Crippen LogP contribution is -2.14. The molecule has 0 aliphatic carbocycles. The Morgan fingerprint density at radius 3 is 2.35 bits per heavy atom. The Kier molecular flexibility index (Phi) is 4.98. The van der Waals surface area contributed by atoms with Crippen molar-refractivity contribution in [3.05, 3.63) is 60.6 Å². The molecule has 7 heteroatoms. The minimum absolute atomic E-state index is 0.220. The average molecular weight is 472 g/mol. The molecule has 0 atom stereocenters. The van der Waals surface area contributed by atoms with Crippen LogP contribution in [-0.4, -0.2) is 5.91 Å². The van der Waals surface area contributed by atoms with Crippen molar-refractivity contribution in [2.75, 3.05) is 5.32 Å². The highest BCUT2D eigenvalue weighted by Gasteiger charge is 2.15. The van der Waals surface area contributed by atoms with E-state index in [4.69, 9.17) is 11.6 Å². The second kappa shape index (κ2) is 6.36. The first kappa shape index (κ1) is 15.7. The molecule has 2 aromatic carbocycles. The minimum atomic E-state index is -0.859. The summed E-state index contributed by atoms with van der Waals surface area (Å²) in [6, 6.07) is 6.75. The largest absolute Gasteiger partial charge is 0.317 e. The SMILES string of the molecule is O=C(Nc1c(F)cc(Br)cc1F)c1ccc(I)c(Cl)c1. The first-order valence-electron chi connectivity index (χ1n) is 5.29. The second-order valence-corrected chi connectivity index (χ2v) is 6.31. The number of anilines is 1. The van der Waals surface area contributed by atoms with Gasteiger partial charge >= 0.3 is 0 Å². The molecule has 0 unspecified atom stereocenters. The standard InChI is InChI=1S/C13H6BrClF2INO/c14-7-4-9(16)12(10(17)5-7)19-13(20)6-1-2-11(18)8(15)3-6/h1-5H,(H,19,20). The molecule has 2 aromatic rings. The van der Waals surface area contributed by atoms with Crippen LogP contribution in [0.2, 0.25) is 5.02 Å². The molecule has 2 rings (SSSR count). The molecule has 1 N–H and O–H groups in total. The highest BCUT2D eigenvalue weighted by Crippen LogP contribution is 2.25. The van der Waals surface area contributed by atoms with Gasteiger partial charge in [-0.15, -0.1) is 0 Å². The van der Waals surface area contributed by atoms with Crippen molar-refractivity contribution in [3.63, 3.8) is 0 Å². The summed E-state index contributed by atoms with van der Waals surface area (Å²) in [6.07, 6.45) is 0. The molecule has 20 heavy (non-hydrogen) atoms. The summed E-state index contributed by atoms with van der Waals surface area (Å²) < 4.78 is 28.3. The molecule has 104 valence electrons. The van der Waals surface area contributed by atoms with Crippen molar-refractivity contribution >= 4 is 61.7 Å². The second-order valence-electron chi connectivity index (χ2n) is 3.83. The van der Waals surface area contributed by atoms with Crippen LogP contribution in [0.15, 0.2) is 34.8 Å². The number of carbonyl (C=O) groups excluding carboxylic acids is 1. The Hall–Kier alpha value is -0.730. The first-order valence-corrected chi connectivity index (χ1v) is 7.54. The lowest BCUT2D eigenvalue weighted by molar-refractivity contribution is 0.102. The minimum Gasteiger partial charge on any atom is -0.317 e. The average Bonchev–Trinajstić information content (AvgIpc) is 2.36. The van der Waals surface area contributed by atoms with Gasteiger partial charge in [0.1, 0.15) is 5.69 Å². The van der Waals surface area contributed by atoms with E-state index in [1.54, 1.807) is 6.07 Å². The molecule has 0 spiro atoms. The third kappa shape index (κ3) is 3.48. The van der Waals surface area contributed by atoms with Gasteiger partial charge in [-0.3, -0.25) is 4.79 Å². The van der Waals surface area contributed by atoms with Crippen molar-refractivity contribution in [2.45, 2.75) is 0 Å². The fraction of sp³-hybridized carbons (Fsp3) is 0. The molecule has 0 aromatic heterocycles. The number of rotatable bonds is 2. The quantitative estimate of drug-likeness (QED) is 0.596. The highest BCUT2D eigenvalue weighted by atomic mass is 127. The van der Waals surface area contributed by atoms with Crippen LogP contribution in [0.5, 0.6) is 0 Å². The van der Waals surface area contributed by atoms with Crippen LogP contribution in [0.1, 0.15) is 10.4 Å². The summed E-state index contributed by atoms with van der Waals surface area (Å²) in [6.45, 7) is 0. The molecule has 0 aliphatic heterocycles. The van der Waals surface area contributed by atoms with E-state index in [0.717, 1.165) is 15.7 Å². The summed E-state index contributed by atoms with van der Waals surface area (Å²) in [5, 5.41) is 2.60. The van der Waals surface area contributed by atoms with Gasteiger partial charge < -0.3 is 5.32 Å². The summed E-state index contributed by atoms with van der Waals surface area (Å²) in [5.41, 5.74) is -0.273. The van der Waals surface area contributed by atoms with Crippen LogP contribution in [-0.2, 0) is 0 Å². The number of carbonyl (C=O) groups is 1. The number of hydrogen-bond donors (Lipinski definition) is 1. The van der Waals surface area contributed by atoms with Gasteiger partial charge in [-0.1, -0.05) is 27.5 Å². The van der Waals surface area contributed by atoms with E-state index in [0.29, 0.717) is 5.02 Å². The lowest BCUT2D eigenvalue weighted by Gasteiger charge is -2.09. The van der Waals surface area contributed by atoms with Crippen LogP contribution < -0.4 is 5.32 Å². The molecule has 0 saturated heterocycles. The van der Waals surface area contributed by atoms with E-state index < -0.39 is 23.2 Å². The molecule has 0 fully saturated rings. The Bertz CT molecular complexity index is 673. The molecule has 0 radical (unpaired) electrons. The molecule has 0 saturated carbocycles. The van der Waals surface area contributed by atoms with Crippen molar-refractivity contribution in [3.8, 4) is 0 Å². The summed E-state index contributed by atoms with van der Waals surface area (Å²) >= 11 is 10.9. The fourth-order valence-corrected chi connectivity index (χ4v) is 2.40. The normalized spacial score (nSPS) is 10.4. The van der Waals surface area contributed by atoms with Crippen molar-refractivity contribution in [2.24, 2.45) is 0 Å². The van der Waals surface area contributed by atoms with Gasteiger partial charge in [-0.2, -0.15) is 0 Å². The van der Waals surface area contributed by atoms with Gasteiger partial charge in [0.25, 0.3) is 5.91 Å². The van der Waals surface area contributed by atoms with Gasteiger partial charge in [0.2, 0.25) is 0 Å². The van der Waals surface area contributed by atoms with Crippen molar-refractivity contribution in [1.29, 1.82) is 0 Å². The first-order chi connectivity index (χ1) is 9.38. The van der Waals surface area contributed by atoms with Gasteiger partial charge in [-0.05, 0) is 52.9 Å². The van der Waals surface area contributed by atoms with Gasteiger partial charge in [-0.25, -0.2) is 8.78 Å². The Morgan fingerprint density at radius 2 is 1.80 bits per heavy atom. The van der Waals surface area contributed by atoms with Crippen LogP contribution >= 0.6 is 50.1 Å². The number of nitrogens with one attached hydrogen (secondary N) is 1. The van der Waals surface area contributed by atoms with Gasteiger partial charge in [0.15, 0.2) is 11.6 Å². The van der Waals surface area contributed by atoms with E-state index in [9.17, 15) is 13.6 Å². The molecular formula is C13H6BrClF2INO. The maximum absolute atomic E-state index is 13.6. The molecule has 0 heterocycles. The van der Waals surface area contributed by atoms with E-state index in [-0.39, 0.29) is 10.0 Å². The van der Waals surface area contributed by atoms with Gasteiger partial charge in [0, 0.05) is 13.6 Å². The van der Waals surface area contributed by atoms with E-state index in [1.165, 1.54) is 12.1 Å². The van der Waals surface area contributed by atoms with Crippen LogP contribution in [0.4, 0.5) is 14.5 Å². The third-order valence-electron chi connectivity index (χ3n) is 2.43. The monoisotopic (exact) mass is 471 g/mol. The van der Waals surface area contributed by atoms with Crippen LogP contribution in [0.3, 0.4) is 0 Å².